The first kappa shape index (κ1) is 8.25. The molecule has 2 rings (SSSR count). The summed E-state index contributed by atoms with van der Waals surface area (Å²) in [6.07, 6.45) is 0. The van der Waals surface area contributed by atoms with Crippen molar-refractivity contribution in [2.75, 3.05) is 0 Å². The van der Waals surface area contributed by atoms with E-state index >= 15 is 0 Å². The molecule has 1 aromatic carbocycles. The summed E-state index contributed by atoms with van der Waals surface area (Å²) in [5.74, 6) is 0. The third-order valence-corrected chi connectivity index (χ3v) is 3.42. The van der Waals surface area contributed by atoms with Gasteiger partial charge in [-0.25, -0.2) is 0 Å². The van der Waals surface area contributed by atoms with Gasteiger partial charge in [0.15, 0.2) is 0 Å². The van der Waals surface area contributed by atoms with Crippen LogP contribution >= 0.6 is 33.9 Å². The summed E-state index contributed by atoms with van der Waals surface area (Å²) >= 11 is 3.54. The number of aromatic nitrogens is 1. The molecule has 0 atom stereocenters. The van der Waals surface area contributed by atoms with Crippen LogP contribution in [-0.4, -0.2) is 4.57 Å². The summed E-state index contributed by atoms with van der Waals surface area (Å²) in [4.78, 5) is 11.3. The standard InChI is InChI=1S/C8H6INOS/c1-10-6-3-2-5(9)4-7(6)12-8(10)11/h2-4H,1H3. The zero-order chi connectivity index (χ0) is 8.72. The number of rotatable bonds is 0. The summed E-state index contributed by atoms with van der Waals surface area (Å²) in [6, 6.07) is 6.02. The Labute approximate surface area is 87.0 Å². The van der Waals surface area contributed by atoms with Crippen molar-refractivity contribution in [3.05, 3.63) is 31.4 Å². The first-order valence-corrected chi connectivity index (χ1v) is 5.33. The Morgan fingerprint density at radius 1 is 1.50 bits per heavy atom. The van der Waals surface area contributed by atoms with Gasteiger partial charge in [-0.15, -0.1) is 0 Å². The predicted octanol–water partition coefficient (Wildman–Crippen LogP) is 2.20. The average molecular weight is 291 g/mol. The summed E-state index contributed by atoms with van der Waals surface area (Å²) in [6.45, 7) is 0. The lowest BCUT2D eigenvalue weighted by Crippen LogP contribution is -2.06. The number of hydrogen-bond acceptors (Lipinski definition) is 2. The highest BCUT2D eigenvalue weighted by molar-refractivity contribution is 14.1. The monoisotopic (exact) mass is 291 g/mol. The molecule has 0 aliphatic rings. The Bertz CT molecular complexity index is 485. The maximum atomic E-state index is 11.2. The number of benzene rings is 1. The van der Waals surface area contributed by atoms with Crippen molar-refractivity contribution in [3.63, 3.8) is 0 Å². The van der Waals surface area contributed by atoms with E-state index in [9.17, 15) is 4.79 Å². The normalized spacial score (nSPS) is 10.8. The van der Waals surface area contributed by atoms with Crippen molar-refractivity contribution in [3.8, 4) is 0 Å². The van der Waals surface area contributed by atoms with Gasteiger partial charge in [-0.1, -0.05) is 11.3 Å². The molecule has 0 saturated carbocycles. The van der Waals surface area contributed by atoms with Crippen molar-refractivity contribution in [1.29, 1.82) is 0 Å². The van der Waals surface area contributed by atoms with E-state index in [0.717, 1.165) is 10.2 Å². The first-order chi connectivity index (χ1) is 5.68. The molecule has 1 heterocycles. The highest BCUT2D eigenvalue weighted by atomic mass is 127. The molecule has 62 valence electrons. The van der Waals surface area contributed by atoms with Crippen molar-refractivity contribution in [2.45, 2.75) is 0 Å². The Balaban J connectivity index is 2.96. The van der Waals surface area contributed by atoms with Crippen LogP contribution < -0.4 is 4.87 Å². The van der Waals surface area contributed by atoms with E-state index in [1.807, 2.05) is 18.2 Å². The molecule has 0 bridgehead atoms. The average Bonchev–Trinajstić information content (AvgIpc) is 2.28. The molecule has 2 nitrogen and oxygen atoms in total. The lowest BCUT2D eigenvalue weighted by molar-refractivity contribution is 0.938. The molecule has 0 fully saturated rings. The fourth-order valence-electron chi connectivity index (χ4n) is 1.11. The molecule has 2 aromatic rings. The molecule has 0 spiro atoms. The molecule has 0 amide bonds. The highest BCUT2D eigenvalue weighted by Gasteiger charge is 2.02. The van der Waals surface area contributed by atoms with Crippen LogP contribution in [0, 0.1) is 3.57 Å². The minimum Gasteiger partial charge on any atom is -0.302 e. The van der Waals surface area contributed by atoms with Gasteiger partial charge < -0.3 is 4.57 Å². The number of hydrogen-bond donors (Lipinski definition) is 0. The molecule has 0 radical (unpaired) electrons. The fraction of sp³-hybridized carbons (Fsp3) is 0.125. The molecule has 12 heavy (non-hydrogen) atoms. The van der Waals surface area contributed by atoms with E-state index in [4.69, 9.17) is 0 Å². The van der Waals surface area contributed by atoms with Crippen LogP contribution in [0.1, 0.15) is 0 Å². The second-order valence-corrected chi connectivity index (χ2v) is 4.78. The van der Waals surface area contributed by atoms with Gasteiger partial charge in [-0.2, -0.15) is 0 Å². The highest BCUT2D eigenvalue weighted by Crippen LogP contribution is 2.18. The van der Waals surface area contributed by atoms with Crippen LogP contribution in [0.3, 0.4) is 0 Å². The van der Waals surface area contributed by atoms with E-state index in [0.29, 0.717) is 0 Å². The van der Waals surface area contributed by atoms with Crippen LogP contribution in [0.2, 0.25) is 0 Å². The fourth-order valence-corrected chi connectivity index (χ4v) is 2.73. The molecule has 0 saturated heterocycles. The summed E-state index contributed by atoms with van der Waals surface area (Å²) in [7, 11) is 1.80. The minimum absolute atomic E-state index is 0.104. The molecular formula is C8H6INOS. The van der Waals surface area contributed by atoms with Crippen molar-refractivity contribution in [2.24, 2.45) is 7.05 Å². The zero-order valence-corrected chi connectivity index (χ0v) is 9.35. The van der Waals surface area contributed by atoms with Gasteiger partial charge in [0.25, 0.3) is 0 Å². The van der Waals surface area contributed by atoms with Gasteiger partial charge >= 0.3 is 4.87 Å². The Hall–Kier alpha value is -0.360. The van der Waals surface area contributed by atoms with Crippen molar-refractivity contribution >= 4 is 44.1 Å². The molecule has 1 aromatic heterocycles. The van der Waals surface area contributed by atoms with Gasteiger partial charge in [0.2, 0.25) is 0 Å². The Morgan fingerprint density at radius 2 is 2.25 bits per heavy atom. The third kappa shape index (κ3) is 1.19. The quantitative estimate of drug-likeness (QED) is 0.682. The number of nitrogens with zero attached hydrogens (tertiary/aromatic N) is 1. The molecule has 0 aliphatic heterocycles. The van der Waals surface area contributed by atoms with Gasteiger partial charge in [0.1, 0.15) is 0 Å². The van der Waals surface area contributed by atoms with E-state index in [2.05, 4.69) is 22.6 Å². The molecule has 0 aliphatic carbocycles. The van der Waals surface area contributed by atoms with Gasteiger partial charge in [-0.3, -0.25) is 4.79 Å². The maximum absolute atomic E-state index is 11.2. The largest absolute Gasteiger partial charge is 0.307 e. The second-order valence-electron chi connectivity index (χ2n) is 2.54. The van der Waals surface area contributed by atoms with Crippen molar-refractivity contribution in [1.82, 2.24) is 4.57 Å². The minimum atomic E-state index is 0.104. The Kier molecular flexibility index (Phi) is 1.96. The smallest absolute Gasteiger partial charge is 0.302 e. The summed E-state index contributed by atoms with van der Waals surface area (Å²) in [5, 5.41) is 0. The van der Waals surface area contributed by atoms with Gasteiger partial charge in [0, 0.05) is 10.6 Å². The predicted molar refractivity (Wildman–Crippen MR) is 59.8 cm³/mol. The molecule has 0 unspecified atom stereocenters. The molecule has 4 heteroatoms. The van der Waals surface area contributed by atoms with E-state index in [-0.39, 0.29) is 4.87 Å². The van der Waals surface area contributed by atoms with Gasteiger partial charge in [0.05, 0.1) is 10.2 Å². The SMILES string of the molecule is Cn1c(=O)sc2cc(I)ccc21. The summed E-state index contributed by atoms with van der Waals surface area (Å²) < 4.78 is 3.91. The Morgan fingerprint density at radius 3 is 3.00 bits per heavy atom. The molecular weight excluding hydrogens is 285 g/mol. The lowest BCUT2D eigenvalue weighted by Gasteiger charge is -1.92. The lowest BCUT2D eigenvalue weighted by atomic mass is 10.3. The number of thiazole rings is 1. The van der Waals surface area contributed by atoms with E-state index in [1.54, 1.807) is 11.6 Å². The number of fused-ring (bicyclic) bond motifs is 1. The van der Waals surface area contributed by atoms with Gasteiger partial charge in [-0.05, 0) is 40.8 Å². The van der Waals surface area contributed by atoms with E-state index in [1.165, 1.54) is 14.9 Å². The second kappa shape index (κ2) is 2.85. The van der Waals surface area contributed by atoms with E-state index < -0.39 is 0 Å². The number of aryl methyl sites for hydroxylation is 1. The van der Waals surface area contributed by atoms with Crippen LogP contribution in [-0.2, 0) is 7.05 Å². The zero-order valence-electron chi connectivity index (χ0n) is 6.37. The maximum Gasteiger partial charge on any atom is 0.307 e. The van der Waals surface area contributed by atoms with Crippen LogP contribution in [0.15, 0.2) is 23.0 Å². The van der Waals surface area contributed by atoms with Crippen LogP contribution in [0.4, 0.5) is 0 Å². The topological polar surface area (TPSA) is 22.0 Å². The van der Waals surface area contributed by atoms with Crippen LogP contribution in [0.5, 0.6) is 0 Å². The third-order valence-electron chi connectivity index (χ3n) is 1.75. The van der Waals surface area contributed by atoms with Crippen molar-refractivity contribution < 1.29 is 0 Å². The number of halogens is 1. The first-order valence-electron chi connectivity index (χ1n) is 3.43. The summed E-state index contributed by atoms with van der Waals surface area (Å²) in [5.41, 5.74) is 1.02. The molecule has 0 N–H and O–H groups in total. The van der Waals surface area contributed by atoms with Crippen LogP contribution in [0.25, 0.3) is 10.2 Å².